The van der Waals surface area contributed by atoms with E-state index in [9.17, 15) is 28.8 Å². The molecule has 0 spiro atoms. The molecule has 4 atom stereocenters. The SMILES string of the molecule is C[C@@H]1C[C@@H]2CN(C1)C(=O)/C=C/C(=O)NCC[C@@H](C(=O)NCCOCCN)NC(=O)Cc1ccccc1CNC(=O)[C@H](Cc1ccco1)NC2=O. The Labute approximate surface area is 291 Å². The molecule has 4 rings (SSSR count). The number of carbonyl (C=O) groups excluding carboxylic acids is 6. The molecular formula is C35H47N7O8. The van der Waals surface area contributed by atoms with Gasteiger partial charge in [-0.2, -0.15) is 0 Å². The number of benzene rings is 1. The minimum atomic E-state index is -0.981. The van der Waals surface area contributed by atoms with Crippen LogP contribution in [0.15, 0.2) is 59.2 Å². The molecule has 1 aromatic carbocycles. The zero-order valence-corrected chi connectivity index (χ0v) is 28.3. The molecule has 1 fully saturated rings. The normalized spacial score (nSPS) is 23.6. The first-order chi connectivity index (χ1) is 24.1. The number of nitrogens with zero attached hydrogens (tertiary/aromatic N) is 1. The van der Waals surface area contributed by atoms with Gasteiger partial charge in [0.25, 0.3) is 0 Å². The van der Waals surface area contributed by atoms with Crippen LogP contribution in [-0.2, 0) is 52.9 Å². The highest BCUT2D eigenvalue weighted by molar-refractivity contribution is 5.97. The van der Waals surface area contributed by atoms with Gasteiger partial charge in [0.15, 0.2) is 0 Å². The summed E-state index contributed by atoms with van der Waals surface area (Å²) < 4.78 is 10.8. The van der Waals surface area contributed by atoms with E-state index in [0.29, 0.717) is 43.0 Å². The molecule has 0 radical (unpaired) electrons. The second kappa shape index (κ2) is 19.2. The van der Waals surface area contributed by atoms with Gasteiger partial charge in [-0.1, -0.05) is 31.2 Å². The zero-order chi connectivity index (χ0) is 35.9. The van der Waals surface area contributed by atoms with E-state index >= 15 is 0 Å². The molecule has 15 nitrogen and oxygen atoms in total. The topological polar surface area (TPSA) is 214 Å². The van der Waals surface area contributed by atoms with E-state index in [-0.39, 0.29) is 63.9 Å². The monoisotopic (exact) mass is 693 g/mol. The molecule has 1 saturated heterocycles. The van der Waals surface area contributed by atoms with Gasteiger partial charge in [-0.3, -0.25) is 28.8 Å². The van der Waals surface area contributed by atoms with Gasteiger partial charge in [-0.15, -0.1) is 0 Å². The molecule has 2 aromatic rings. The first kappa shape index (κ1) is 37.8. The number of nitrogens with one attached hydrogen (secondary N) is 5. The summed E-state index contributed by atoms with van der Waals surface area (Å²) in [5, 5.41) is 13.9. The van der Waals surface area contributed by atoms with Gasteiger partial charge in [0.05, 0.1) is 31.8 Å². The number of piperidine rings is 1. The molecule has 2 bridgehead atoms. The lowest BCUT2D eigenvalue weighted by atomic mass is 9.89. The summed E-state index contributed by atoms with van der Waals surface area (Å²) in [6, 6.07) is 8.54. The quantitative estimate of drug-likeness (QED) is 0.193. The van der Waals surface area contributed by atoms with Gasteiger partial charge in [0.1, 0.15) is 17.8 Å². The highest BCUT2D eigenvalue weighted by Crippen LogP contribution is 2.23. The van der Waals surface area contributed by atoms with Crippen molar-refractivity contribution in [3.63, 3.8) is 0 Å². The summed E-state index contributed by atoms with van der Waals surface area (Å²) in [6.45, 7) is 3.68. The summed E-state index contributed by atoms with van der Waals surface area (Å²) in [7, 11) is 0. The van der Waals surface area contributed by atoms with Crippen LogP contribution in [-0.4, -0.2) is 98.4 Å². The largest absolute Gasteiger partial charge is 0.469 e. The molecule has 270 valence electrons. The average Bonchev–Trinajstić information content (AvgIpc) is 3.61. The van der Waals surface area contributed by atoms with Crippen molar-refractivity contribution in [3.05, 3.63) is 71.7 Å². The summed E-state index contributed by atoms with van der Waals surface area (Å²) in [5.74, 6) is -2.79. The number of fused-ring (bicyclic) bond motifs is 3. The van der Waals surface area contributed by atoms with E-state index in [4.69, 9.17) is 14.9 Å². The van der Waals surface area contributed by atoms with Crippen molar-refractivity contribution in [2.75, 3.05) is 45.9 Å². The zero-order valence-electron chi connectivity index (χ0n) is 28.3. The maximum atomic E-state index is 13.6. The van der Waals surface area contributed by atoms with E-state index in [1.807, 2.05) is 6.92 Å². The number of ether oxygens (including phenoxy) is 1. The molecular weight excluding hydrogens is 646 g/mol. The van der Waals surface area contributed by atoms with E-state index in [1.165, 1.54) is 11.2 Å². The first-order valence-corrected chi connectivity index (χ1v) is 16.9. The van der Waals surface area contributed by atoms with E-state index < -0.39 is 47.5 Å². The third-order valence-corrected chi connectivity index (χ3v) is 8.45. The summed E-state index contributed by atoms with van der Waals surface area (Å²) in [6.07, 6.45) is 4.33. The molecule has 3 heterocycles. The Kier molecular flexibility index (Phi) is 14.5. The molecule has 2 aliphatic heterocycles. The van der Waals surface area contributed by atoms with Gasteiger partial charge in [-0.05, 0) is 42.0 Å². The van der Waals surface area contributed by atoms with Crippen LogP contribution >= 0.6 is 0 Å². The van der Waals surface area contributed by atoms with Gasteiger partial charge in [-0.25, -0.2) is 0 Å². The van der Waals surface area contributed by atoms with E-state index in [0.717, 1.165) is 12.2 Å². The standard InChI is InChI=1S/C35H47N7O8/c1-23-17-26-22-42(21-23)32(45)9-8-30(43)37-12-10-28(34(47)38-13-16-49-15-11-36)40-31(44)18-24-5-2-3-6-25(24)20-39-35(48)29(41-33(26)46)19-27-7-4-14-50-27/h2-9,14,23,26,28-29H,10-13,15-22,36H2,1H3,(H,37,43)(H,38,47)(H,39,48)(H,40,44)(H,41,46)/b9-8+/t23-,26-,28+,29+/m1/s1. The van der Waals surface area contributed by atoms with Crippen LogP contribution in [0.5, 0.6) is 0 Å². The number of hydrogen-bond acceptors (Lipinski definition) is 9. The van der Waals surface area contributed by atoms with Crippen molar-refractivity contribution in [3.8, 4) is 0 Å². The Bertz CT molecular complexity index is 1510. The minimum absolute atomic E-state index is 0.00409. The average molecular weight is 694 g/mol. The number of hydrogen-bond donors (Lipinski definition) is 6. The van der Waals surface area contributed by atoms with Gasteiger partial charge in [0.2, 0.25) is 35.4 Å². The number of nitrogens with two attached hydrogens (primary N) is 1. The summed E-state index contributed by atoms with van der Waals surface area (Å²) in [5.41, 5.74) is 6.74. The lowest BCUT2D eigenvalue weighted by molar-refractivity contribution is -0.136. The van der Waals surface area contributed by atoms with Gasteiger partial charge in [0, 0.05) is 57.8 Å². The Morgan fingerprint density at radius 2 is 1.78 bits per heavy atom. The third kappa shape index (κ3) is 11.8. The predicted octanol–water partition coefficient (Wildman–Crippen LogP) is -0.697. The first-order valence-electron chi connectivity index (χ1n) is 16.9. The van der Waals surface area contributed by atoms with Crippen molar-refractivity contribution in [2.45, 2.75) is 51.2 Å². The van der Waals surface area contributed by atoms with Crippen LogP contribution in [0.3, 0.4) is 0 Å². The molecule has 0 saturated carbocycles. The molecule has 6 amide bonds. The molecule has 1 aromatic heterocycles. The fourth-order valence-corrected chi connectivity index (χ4v) is 5.95. The highest BCUT2D eigenvalue weighted by Gasteiger charge is 2.34. The second-order valence-corrected chi connectivity index (χ2v) is 12.5. The van der Waals surface area contributed by atoms with Crippen molar-refractivity contribution < 1.29 is 37.9 Å². The summed E-state index contributed by atoms with van der Waals surface area (Å²) >= 11 is 0. The molecule has 2 aliphatic rings. The molecule has 50 heavy (non-hydrogen) atoms. The number of carbonyl (C=O) groups is 6. The Morgan fingerprint density at radius 1 is 0.980 bits per heavy atom. The van der Waals surface area contributed by atoms with Crippen LogP contribution in [0.2, 0.25) is 0 Å². The van der Waals surface area contributed by atoms with Crippen molar-refractivity contribution in [1.29, 1.82) is 0 Å². The Morgan fingerprint density at radius 3 is 2.54 bits per heavy atom. The lowest BCUT2D eigenvalue weighted by Crippen LogP contribution is -2.53. The second-order valence-electron chi connectivity index (χ2n) is 12.5. The van der Waals surface area contributed by atoms with Crippen LogP contribution in [0.4, 0.5) is 0 Å². The van der Waals surface area contributed by atoms with Crippen LogP contribution in [0.25, 0.3) is 0 Å². The van der Waals surface area contributed by atoms with Crippen molar-refractivity contribution in [1.82, 2.24) is 31.5 Å². The number of amides is 6. The van der Waals surface area contributed by atoms with Crippen molar-refractivity contribution in [2.24, 2.45) is 17.6 Å². The van der Waals surface area contributed by atoms with Gasteiger partial charge >= 0.3 is 0 Å². The minimum Gasteiger partial charge on any atom is -0.469 e. The fourth-order valence-electron chi connectivity index (χ4n) is 5.95. The lowest BCUT2D eigenvalue weighted by Gasteiger charge is -2.35. The molecule has 0 unspecified atom stereocenters. The smallest absolute Gasteiger partial charge is 0.246 e. The van der Waals surface area contributed by atoms with Crippen LogP contribution in [0, 0.1) is 11.8 Å². The summed E-state index contributed by atoms with van der Waals surface area (Å²) in [4.78, 5) is 80.7. The highest BCUT2D eigenvalue weighted by atomic mass is 16.5. The van der Waals surface area contributed by atoms with Crippen LogP contribution < -0.4 is 32.3 Å². The molecule has 7 N–H and O–H groups in total. The Hall–Kier alpha value is -5.02. The molecule has 15 heteroatoms. The van der Waals surface area contributed by atoms with Crippen molar-refractivity contribution >= 4 is 35.4 Å². The molecule has 0 aliphatic carbocycles. The fraction of sp³-hybridized carbons (Fsp3) is 0.486. The van der Waals surface area contributed by atoms with Crippen LogP contribution in [0.1, 0.15) is 36.7 Å². The van der Waals surface area contributed by atoms with E-state index in [1.54, 1.807) is 36.4 Å². The van der Waals surface area contributed by atoms with Gasteiger partial charge < -0.3 is 46.4 Å². The number of rotatable bonds is 8. The van der Waals surface area contributed by atoms with E-state index in [2.05, 4.69) is 26.6 Å². The third-order valence-electron chi connectivity index (χ3n) is 8.45. The maximum absolute atomic E-state index is 13.6. The predicted molar refractivity (Wildman–Crippen MR) is 182 cm³/mol. The Balaban J connectivity index is 1.56. The number of furan rings is 1. The maximum Gasteiger partial charge on any atom is 0.246 e.